The number of alkyl halides is 3. The number of hydrogen-bond acceptors (Lipinski definition) is 5. The van der Waals surface area contributed by atoms with Gasteiger partial charge in [0.05, 0.1) is 13.7 Å². The minimum atomic E-state index is -4.20. The van der Waals surface area contributed by atoms with Crippen molar-refractivity contribution >= 4 is 11.5 Å². The van der Waals surface area contributed by atoms with Gasteiger partial charge in [0.2, 0.25) is 5.88 Å². The Hall–Kier alpha value is -0.860. The Morgan fingerprint density at radius 1 is 1.50 bits per heavy atom. The Labute approximate surface area is 108 Å². The average Bonchev–Trinajstić information content (AvgIpc) is 2.71. The van der Waals surface area contributed by atoms with Crippen molar-refractivity contribution in [3.05, 3.63) is 10.9 Å². The second-order valence-electron chi connectivity index (χ2n) is 3.78. The molecule has 1 N–H and O–H groups in total. The van der Waals surface area contributed by atoms with Gasteiger partial charge in [0.25, 0.3) is 0 Å². The number of nitrogens with zero attached hydrogens (tertiary/aromatic N) is 2. The molecule has 0 unspecified atom stereocenters. The van der Waals surface area contributed by atoms with Gasteiger partial charge in [-0.25, -0.2) is 0 Å². The van der Waals surface area contributed by atoms with Gasteiger partial charge in [0.15, 0.2) is 0 Å². The van der Waals surface area contributed by atoms with Crippen molar-refractivity contribution < 1.29 is 17.9 Å². The van der Waals surface area contributed by atoms with Gasteiger partial charge in [-0.2, -0.15) is 17.5 Å². The summed E-state index contributed by atoms with van der Waals surface area (Å²) in [5, 5.41) is 4.55. The van der Waals surface area contributed by atoms with Crippen LogP contribution in [0, 0.1) is 0 Å². The average molecular weight is 283 g/mol. The van der Waals surface area contributed by atoms with Gasteiger partial charge in [0, 0.05) is 30.6 Å². The van der Waals surface area contributed by atoms with Crippen molar-refractivity contribution in [1.29, 1.82) is 0 Å². The van der Waals surface area contributed by atoms with E-state index in [2.05, 4.69) is 9.69 Å². The predicted octanol–water partition coefficient (Wildman–Crippen LogP) is 1.74. The maximum atomic E-state index is 12.4. The molecular weight excluding hydrogens is 267 g/mol. The molecular formula is C10H16F3N3OS. The summed E-state index contributed by atoms with van der Waals surface area (Å²) in [5.41, 5.74) is 0.683. The zero-order chi connectivity index (χ0) is 13.6. The Kier molecular flexibility index (Phi) is 5.83. The molecule has 0 saturated heterocycles. The van der Waals surface area contributed by atoms with E-state index in [1.165, 1.54) is 23.5 Å². The van der Waals surface area contributed by atoms with Crippen LogP contribution in [0.5, 0.6) is 5.88 Å². The van der Waals surface area contributed by atoms with Crippen LogP contribution in [0.15, 0.2) is 5.38 Å². The lowest BCUT2D eigenvalue weighted by Gasteiger charge is -2.23. The van der Waals surface area contributed by atoms with E-state index >= 15 is 0 Å². The summed E-state index contributed by atoms with van der Waals surface area (Å²) in [5.74, 6) is 0.400. The molecule has 0 aromatic carbocycles. The van der Waals surface area contributed by atoms with E-state index in [0.717, 1.165) is 0 Å². The number of nitrogens with one attached hydrogen (secondary N) is 1. The fourth-order valence-electron chi connectivity index (χ4n) is 1.50. The molecule has 0 aliphatic carbocycles. The summed E-state index contributed by atoms with van der Waals surface area (Å²) in [6, 6.07) is 0. The van der Waals surface area contributed by atoms with Gasteiger partial charge in [-0.3, -0.25) is 4.90 Å². The van der Waals surface area contributed by atoms with Crippen molar-refractivity contribution in [2.45, 2.75) is 12.7 Å². The van der Waals surface area contributed by atoms with E-state index in [-0.39, 0.29) is 6.54 Å². The Balaban J connectivity index is 2.65. The van der Waals surface area contributed by atoms with Crippen LogP contribution in [-0.4, -0.2) is 49.2 Å². The van der Waals surface area contributed by atoms with E-state index in [1.807, 2.05) is 0 Å². The molecule has 18 heavy (non-hydrogen) atoms. The van der Waals surface area contributed by atoms with Gasteiger partial charge in [0.1, 0.15) is 0 Å². The first kappa shape index (κ1) is 15.2. The molecule has 0 aliphatic rings. The van der Waals surface area contributed by atoms with Crippen LogP contribution in [0.25, 0.3) is 0 Å². The first-order chi connectivity index (χ1) is 8.46. The number of halogens is 3. The molecule has 1 aromatic heterocycles. The molecule has 1 aromatic rings. The topological polar surface area (TPSA) is 37.4 Å². The van der Waals surface area contributed by atoms with Crippen LogP contribution in [0.3, 0.4) is 0 Å². The molecule has 4 nitrogen and oxygen atoms in total. The third-order valence-electron chi connectivity index (χ3n) is 2.27. The minimum absolute atomic E-state index is 0.181. The quantitative estimate of drug-likeness (QED) is 0.827. The van der Waals surface area contributed by atoms with Crippen LogP contribution >= 0.6 is 11.5 Å². The van der Waals surface area contributed by atoms with E-state index in [0.29, 0.717) is 24.5 Å². The van der Waals surface area contributed by atoms with E-state index < -0.39 is 12.7 Å². The van der Waals surface area contributed by atoms with Gasteiger partial charge in [-0.1, -0.05) is 0 Å². The predicted molar refractivity (Wildman–Crippen MR) is 63.9 cm³/mol. The maximum Gasteiger partial charge on any atom is 0.401 e. The standard InChI is InChI=1S/C10H16F3N3OS/c1-14-3-4-16(7-10(11,12)13)5-8-6-18-15-9(8)17-2/h6,14H,3-5,7H2,1-2H3. The van der Waals surface area contributed by atoms with Crippen molar-refractivity contribution in [2.24, 2.45) is 0 Å². The smallest absolute Gasteiger partial charge is 0.401 e. The molecule has 104 valence electrons. The third-order valence-corrected chi connectivity index (χ3v) is 2.93. The summed E-state index contributed by atoms with van der Waals surface area (Å²) in [6.07, 6.45) is -4.20. The van der Waals surface area contributed by atoms with Gasteiger partial charge >= 0.3 is 6.18 Å². The molecule has 0 aliphatic heterocycles. The lowest BCUT2D eigenvalue weighted by Crippen LogP contribution is -2.37. The first-order valence-corrected chi connectivity index (χ1v) is 6.21. The zero-order valence-electron chi connectivity index (χ0n) is 10.3. The van der Waals surface area contributed by atoms with E-state index in [9.17, 15) is 13.2 Å². The molecule has 8 heteroatoms. The molecule has 0 saturated carbocycles. The SMILES string of the molecule is CNCCN(Cc1csnc1OC)CC(F)(F)F. The van der Waals surface area contributed by atoms with Crippen LogP contribution in [-0.2, 0) is 6.54 Å². The van der Waals surface area contributed by atoms with Crippen LogP contribution in [0.2, 0.25) is 0 Å². The molecule has 0 fully saturated rings. The number of methoxy groups -OCH3 is 1. The fourth-order valence-corrected chi connectivity index (χ4v) is 2.14. The molecule has 1 heterocycles. The van der Waals surface area contributed by atoms with Gasteiger partial charge in [-0.05, 0) is 18.6 Å². The minimum Gasteiger partial charge on any atom is -0.480 e. The second-order valence-corrected chi connectivity index (χ2v) is 4.41. The van der Waals surface area contributed by atoms with Crippen LogP contribution in [0.1, 0.15) is 5.56 Å². The normalized spacial score (nSPS) is 12.1. The molecule has 0 radical (unpaired) electrons. The number of ether oxygens (including phenoxy) is 1. The van der Waals surface area contributed by atoms with E-state index in [4.69, 9.17) is 4.74 Å². The molecule has 0 amide bonds. The molecule has 0 spiro atoms. The van der Waals surface area contributed by atoms with Crippen molar-refractivity contribution in [2.75, 3.05) is 33.8 Å². The highest BCUT2D eigenvalue weighted by Crippen LogP contribution is 2.23. The Morgan fingerprint density at radius 3 is 2.78 bits per heavy atom. The fraction of sp³-hybridized carbons (Fsp3) is 0.700. The first-order valence-electron chi connectivity index (χ1n) is 5.37. The maximum absolute atomic E-state index is 12.4. The number of aromatic nitrogens is 1. The molecule has 1 rings (SSSR count). The van der Waals surface area contributed by atoms with Crippen molar-refractivity contribution in [3.63, 3.8) is 0 Å². The lowest BCUT2D eigenvalue weighted by atomic mass is 10.3. The van der Waals surface area contributed by atoms with Crippen LogP contribution < -0.4 is 10.1 Å². The van der Waals surface area contributed by atoms with E-state index in [1.54, 1.807) is 12.4 Å². The summed E-state index contributed by atoms with van der Waals surface area (Å²) in [7, 11) is 3.17. The summed E-state index contributed by atoms with van der Waals surface area (Å²) in [6.45, 7) is 0.0551. The second kappa shape index (κ2) is 6.91. The third kappa shape index (κ3) is 5.19. The highest BCUT2D eigenvalue weighted by atomic mass is 32.1. The largest absolute Gasteiger partial charge is 0.480 e. The Morgan fingerprint density at radius 2 is 2.22 bits per heavy atom. The monoisotopic (exact) mass is 283 g/mol. The summed E-state index contributed by atoms with van der Waals surface area (Å²) < 4.78 is 46.3. The van der Waals surface area contributed by atoms with Crippen molar-refractivity contribution in [3.8, 4) is 5.88 Å². The number of hydrogen-bond donors (Lipinski definition) is 1. The lowest BCUT2D eigenvalue weighted by molar-refractivity contribution is -0.147. The van der Waals surface area contributed by atoms with Gasteiger partial charge in [-0.15, -0.1) is 0 Å². The highest BCUT2D eigenvalue weighted by Gasteiger charge is 2.30. The zero-order valence-corrected chi connectivity index (χ0v) is 11.1. The highest BCUT2D eigenvalue weighted by molar-refractivity contribution is 7.03. The number of likely N-dealkylation sites (N-methyl/N-ethyl adjacent to an activating group) is 1. The molecule has 0 bridgehead atoms. The van der Waals surface area contributed by atoms with Crippen LogP contribution in [0.4, 0.5) is 13.2 Å². The number of rotatable bonds is 7. The van der Waals surface area contributed by atoms with Gasteiger partial charge < -0.3 is 10.1 Å². The summed E-state index contributed by atoms with van der Waals surface area (Å²) in [4.78, 5) is 1.32. The Bertz CT molecular complexity index is 356. The van der Waals surface area contributed by atoms with Crippen molar-refractivity contribution in [1.82, 2.24) is 14.6 Å². The summed E-state index contributed by atoms with van der Waals surface area (Å²) >= 11 is 1.18. The molecule has 0 atom stereocenters.